The first-order chi connectivity index (χ1) is 14.9. The zero-order chi connectivity index (χ0) is 22.1. The van der Waals surface area contributed by atoms with Gasteiger partial charge in [0.15, 0.2) is 0 Å². The SMILES string of the molecule is CNC(=O)c1ccc(N2CCN(Cc3cnc4c(C)c(Cl)c(=O)[nH]c4c3)CC2)c(F)n1. The second-order valence-electron chi connectivity index (χ2n) is 7.48. The van der Waals surface area contributed by atoms with Crippen LogP contribution in [-0.2, 0) is 6.54 Å². The molecule has 8 nitrogen and oxygen atoms in total. The molecule has 0 unspecified atom stereocenters. The standard InChI is InChI=1S/C21H22ClFN6O2/c1-12-17(22)21(31)27-15-9-13(10-25-18(12)15)11-28-5-7-29(8-6-28)16-4-3-14(20(30)24-2)26-19(16)23/h3-4,9-10H,5-8,11H2,1-2H3,(H,24,30)(H,27,31). The van der Waals surface area contributed by atoms with Crippen molar-refractivity contribution >= 4 is 34.2 Å². The number of hydrogen-bond acceptors (Lipinski definition) is 6. The normalized spacial score (nSPS) is 14.8. The fourth-order valence-electron chi connectivity index (χ4n) is 3.76. The number of carbonyl (C=O) groups excluding carboxylic acids is 1. The number of aryl methyl sites for hydroxylation is 1. The molecule has 0 radical (unpaired) electrons. The summed E-state index contributed by atoms with van der Waals surface area (Å²) >= 11 is 6.01. The lowest BCUT2D eigenvalue weighted by Gasteiger charge is -2.36. The van der Waals surface area contributed by atoms with E-state index in [0.717, 1.165) is 18.7 Å². The van der Waals surface area contributed by atoms with Gasteiger partial charge in [-0.25, -0.2) is 4.98 Å². The van der Waals surface area contributed by atoms with Crippen molar-refractivity contribution in [1.29, 1.82) is 0 Å². The summed E-state index contributed by atoms with van der Waals surface area (Å²) in [6.45, 7) is 5.16. The molecule has 31 heavy (non-hydrogen) atoms. The van der Waals surface area contributed by atoms with Gasteiger partial charge in [0.05, 0.1) is 16.7 Å². The lowest BCUT2D eigenvalue weighted by atomic mass is 10.1. The quantitative estimate of drug-likeness (QED) is 0.598. The summed E-state index contributed by atoms with van der Waals surface area (Å²) < 4.78 is 14.4. The number of amides is 1. The molecule has 0 saturated carbocycles. The molecule has 0 aliphatic carbocycles. The second-order valence-corrected chi connectivity index (χ2v) is 7.86. The van der Waals surface area contributed by atoms with Gasteiger partial charge in [0.1, 0.15) is 10.7 Å². The fourth-order valence-corrected chi connectivity index (χ4v) is 3.90. The minimum absolute atomic E-state index is 0.0563. The van der Waals surface area contributed by atoms with Gasteiger partial charge in [-0.2, -0.15) is 4.39 Å². The summed E-state index contributed by atoms with van der Waals surface area (Å²) in [4.78, 5) is 38.7. The van der Waals surface area contributed by atoms with Gasteiger partial charge >= 0.3 is 0 Å². The first-order valence-electron chi connectivity index (χ1n) is 9.90. The number of anilines is 1. The number of fused-ring (bicyclic) bond motifs is 1. The molecule has 1 aliphatic heterocycles. The maximum Gasteiger partial charge on any atom is 0.269 e. The Labute approximate surface area is 183 Å². The molecule has 3 aromatic rings. The monoisotopic (exact) mass is 444 g/mol. The van der Waals surface area contributed by atoms with Crippen molar-refractivity contribution in [2.75, 3.05) is 38.1 Å². The average Bonchev–Trinajstić information content (AvgIpc) is 2.77. The molecule has 1 saturated heterocycles. The lowest BCUT2D eigenvalue weighted by Crippen LogP contribution is -2.46. The zero-order valence-corrected chi connectivity index (χ0v) is 18.0. The summed E-state index contributed by atoms with van der Waals surface area (Å²) in [5.41, 5.74) is 3.11. The highest BCUT2D eigenvalue weighted by Crippen LogP contribution is 2.22. The lowest BCUT2D eigenvalue weighted by molar-refractivity contribution is 0.0957. The van der Waals surface area contributed by atoms with Crippen molar-refractivity contribution in [2.45, 2.75) is 13.5 Å². The van der Waals surface area contributed by atoms with Crippen LogP contribution in [0.3, 0.4) is 0 Å². The van der Waals surface area contributed by atoms with E-state index < -0.39 is 11.9 Å². The molecule has 3 aromatic heterocycles. The summed E-state index contributed by atoms with van der Waals surface area (Å²) in [5, 5.41) is 2.60. The van der Waals surface area contributed by atoms with E-state index in [1.165, 1.54) is 13.1 Å². The molecule has 1 amide bonds. The van der Waals surface area contributed by atoms with Crippen LogP contribution in [0.1, 0.15) is 21.6 Å². The third kappa shape index (κ3) is 4.24. The molecule has 4 heterocycles. The molecule has 0 aromatic carbocycles. The summed E-state index contributed by atoms with van der Waals surface area (Å²) in [6.07, 6.45) is 1.79. The van der Waals surface area contributed by atoms with E-state index in [1.54, 1.807) is 19.2 Å². The van der Waals surface area contributed by atoms with Crippen molar-refractivity contribution in [3.8, 4) is 0 Å². The number of H-pyrrole nitrogens is 1. The van der Waals surface area contributed by atoms with Gasteiger partial charge in [0, 0.05) is 51.5 Å². The van der Waals surface area contributed by atoms with Crippen molar-refractivity contribution in [2.24, 2.45) is 0 Å². The van der Waals surface area contributed by atoms with Crippen LogP contribution in [0.15, 0.2) is 29.2 Å². The van der Waals surface area contributed by atoms with Crippen molar-refractivity contribution < 1.29 is 9.18 Å². The predicted molar refractivity (Wildman–Crippen MR) is 117 cm³/mol. The number of halogens is 2. The van der Waals surface area contributed by atoms with Gasteiger partial charge in [-0.1, -0.05) is 11.6 Å². The highest BCUT2D eigenvalue weighted by Gasteiger charge is 2.21. The molecular weight excluding hydrogens is 423 g/mol. The maximum atomic E-state index is 14.4. The van der Waals surface area contributed by atoms with Gasteiger partial charge in [0.2, 0.25) is 5.95 Å². The van der Waals surface area contributed by atoms with Crippen LogP contribution in [0, 0.1) is 12.9 Å². The Hall–Kier alpha value is -3.04. The largest absolute Gasteiger partial charge is 0.365 e. The smallest absolute Gasteiger partial charge is 0.269 e. The summed E-state index contributed by atoms with van der Waals surface area (Å²) in [7, 11) is 1.48. The van der Waals surface area contributed by atoms with E-state index in [1.807, 2.05) is 11.0 Å². The highest BCUT2D eigenvalue weighted by molar-refractivity contribution is 6.31. The number of hydrogen-bond donors (Lipinski definition) is 2. The van der Waals surface area contributed by atoms with Crippen LogP contribution < -0.4 is 15.8 Å². The molecule has 0 spiro atoms. The summed E-state index contributed by atoms with van der Waals surface area (Å²) in [5.74, 6) is -1.07. The average molecular weight is 445 g/mol. The minimum Gasteiger partial charge on any atom is -0.365 e. The number of carbonyl (C=O) groups is 1. The first kappa shape index (κ1) is 21.2. The third-order valence-corrected chi connectivity index (χ3v) is 5.94. The summed E-state index contributed by atoms with van der Waals surface area (Å²) in [6, 6.07) is 5.04. The Balaban J connectivity index is 1.43. The van der Waals surface area contributed by atoms with E-state index in [2.05, 4.69) is 25.2 Å². The minimum atomic E-state index is -0.647. The molecule has 10 heteroatoms. The van der Waals surface area contributed by atoms with Gasteiger partial charge < -0.3 is 15.2 Å². The second kappa shape index (κ2) is 8.60. The molecular formula is C21H22ClFN6O2. The molecule has 1 fully saturated rings. The van der Waals surface area contributed by atoms with E-state index in [0.29, 0.717) is 41.9 Å². The zero-order valence-electron chi connectivity index (χ0n) is 17.2. The Bertz CT molecular complexity index is 1210. The van der Waals surface area contributed by atoms with Crippen molar-refractivity contribution in [3.05, 3.63) is 62.5 Å². The Morgan fingerprint density at radius 1 is 1.29 bits per heavy atom. The highest BCUT2D eigenvalue weighted by atomic mass is 35.5. The van der Waals surface area contributed by atoms with Crippen LogP contribution in [0.2, 0.25) is 5.02 Å². The van der Waals surface area contributed by atoms with Crippen LogP contribution in [0.5, 0.6) is 0 Å². The third-order valence-electron chi connectivity index (χ3n) is 5.48. The van der Waals surface area contributed by atoms with E-state index in [4.69, 9.17) is 11.6 Å². The molecule has 162 valence electrons. The molecule has 0 atom stereocenters. The number of piperazine rings is 1. The van der Waals surface area contributed by atoms with Crippen LogP contribution in [0.4, 0.5) is 10.1 Å². The van der Waals surface area contributed by atoms with Crippen molar-refractivity contribution in [3.63, 3.8) is 0 Å². The van der Waals surface area contributed by atoms with Crippen LogP contribution in [0.25, 0.3) is 11.0 Å². The molecule has 0 bridgehead atoms. The first-order valence-corrected chi connectivity index (χ1v) is 10.3. The molecule has 2 N–H and O–H groups in total. The number of nitrogens with zero attached hydrogens (tertiary/aromatic N) is 4. The predicted octanol–water partition coefficient (Wildman–Crippen LogP) is 2.10. The fraction of sp³-hybridized carbons (Fsp3) is 0.333. The van der Waals surface area contributed by atoms with E-state index >= 15 is 0 Å². The van der Waals surface area contributed by atoms with Crippen LogP contribution in [-0.4, -0.2) is 59.0 Å². The van der Waals surface area contributed by atoms with Crippen molar-refractivity contribution in [1.82, 2.24) is 25.2 Å². The van der Waals surface area contributed by atoms with Gasteiger partial charge in [-0.05, 0) is 30.7 Å². The van der Waals surface area contributed by atoms with E-state index in [-0.39, 0.29) is 16.3 Å². The number of nitrogens with one attached hydrogen (secondary N) is 2. The van der Waals surface area contributed by atoms with E-state index in [9.17, 15) is 14.0 Å². The van der Waals surface area contributed by atoms with Gasteiger partial charge in [-0.3, -0.25) is 19.5 Å². The maximum absolute atomic E-state index is 14.4. The Morgan fingerprint density at radius 2 is 2.03 bits per heavy atom. The van der Waals surface area contributed by atoms with Crippen LogP contribution >= 0.6 is 11.6 Å². The van der Waals surface area contributed by atoms with Gasteiger partial charge in [-0.15, -0.1) is 0 Å². The number of rotatable bonds is 4. The molecule has 1 aliphatic rings. The number of aromatic nitrogens is 3. The number of aromatic amines is 1. The Morgan fingerprint density at radius 3 is 2.71 bits per heavy atom. The topological polar surface area (TPSA) is 94.2 Å². The molecule has 4 rings (SSSR count). The Kier molecular flexibility index (Phi) is 5.88. The number of pyridine rings is 3. The van der Waals surface area contributed by atoms with Gasteiger partial charge in [0.25, 0.3) is 11.5 Å².